The van der Waals surface area contributed by atoms with Gasteiger partial charge in [-0.3, -0.25) is 0 Å². The first-order chi connectivity index (χ1) is 8.78. The second-order valence-electron chi connectivity index (χ2n) is 5.20. The van der Waals surface area contributed by atoms with Gasteiger partial charge >= 0.3 is 0 Å². The van der Waals surface area contributed by atoms with Gasteiger partial charge < -0.3 is 0 Å². The molecule has 0 spiro atoms. The van der Waals surface area contributed by atoms with E-state index in [2.05, 4.69) is 22.0 Å². The number of halogens is 1. The Morgan fingerprint density at radius 3 is 2.47 bits per heavy atom. The second-order valence-corrected chi connectivity index (χ2v) is 8.13. The first kappa shape index (κ1) is 16.2. The average molecular weight is 344 g/mol. The van der Waals surface area contributed by atoms with E-state index in [9.17, 15) is 8.42 Å². The van der Waals surface area contributed by atoms with Crippen molar-refractivity contribution in [2.24, 2.45) is 5.41 Å². The summed E-state index contributed by atoms with van der Waals surface area (Å²) in [6.45, 7) is 3.74. The molecule has 1 rings (SSSR count). The highest BCUT2D eigenvalue weighted by Gasteiger charge is 2.19. The fourth-order valence-corrected chi connectivity index (χ4v) is 4.20. The molecule has 0 bridgehead atoms. The van der Waals surface area contributed by atoms with Crippen LogP contribution in [0, 0.1) is 16.7 Å². The molecule has 0 amide bonds. The number of sulfone groups is 1. The van der Waals surface area contributed by atoms with Crippen molar-refractivity contribution in [3.63, 3.8) is 0 Å². The molecule has 0 aliphatic carbocycles. The molecule has 0 radical (unpaired) electrons. The molecular weight excluding hydrogens is 326 g/mol. The normalized spacial score (nSPS) is 12.1. The third-order valence-electron chi connectivity index (χ3n) is 2.94. The molecule has 0 saturated heterocycles. The summed E-state index contributed by atoms with van der Waals surface area (Å²) in [4.78, 5) is 0.342. The lowest BCUT2D eigenvalue weighted by Gasteiger charge is -2.14. The van der Waals surface area contributed by atoms with Crippen LogP contribution >= 0.6 is 15.9 Å². The maximum absolute atomic E-state index is 12.2. The van der Waals surface area contributed by atoms with E-state index in [0.717, 1.165) is 12.8 Å². The third kappa shape index (κ3) is 4.96. The minimum atomic E-state index is -3.25. The molecule has 1 aromatic rings. The molecular formula is C14H18BrNO2S. The third-order valence-corrected chi connectivity index (χ3v) is 5.75. The van der Waals surface area contributed by atoms with Crippen LogP contribution in [0.4, 0.5) is 0 Å². The maximum atomic E-state index is 12.2. The lowest BCUT2D eigenvalue weighted by atomic mass is 9.89. The average Bonchev–Trinajstić information content (AvgIpc) is 2.35. The summed E-state index contributed by atoms with van der Waals surface area (Å²) in [5.41, 5.74) is -0.378. The summed E-state index contributed by atoms with van der Waals surface area (Å²) >= 11 is 3.26. The van der Waals surface area contributed by atoms with E-state index in [4.69, 9.17) is 5.26 Å². The van der Waals surface area contributed by atoms with Gasteiger partial charge in [0.25, 0.3) is 0 Å². The molecule has 0 heterocycles. The molecule has 0 aliphatic rings. The molecule has 0 N–H and O–H groups in total. The van der Waals surface area contributed by atoms with Crippen LogP contribution in [0.2, 0.25) is 0 Å². The fourth-order valence-electron chi connectivity index (χ4n) is 1.72. The first-order valence-corrected chi connectivity index (χ1v) is 8.61. The summed E-state index contributed by atoms with van der Waals surface area (Å²) < 4.78 is 24.9. The Hall–Kier alpha value is -0.860. The molecule has 104 valence electrons. The highest BCUT2D eigenvalue weighted by atomic mass is 79.9. The molecule has 0 unspecified atom stereocenters. The van der Waals surface area contributed by atoms with Crippen LogP contribution in [0.15, 0.2) is 33.6 Å². The van der Waals surface area contributed by atoms with Crippen molar-refractivity contribution in [2.45, 2.75) is 38.0 Å². The van der Waals surface area contributed by atoms with Gasteiger partial charge in [0.05, 0.1) is 22.1 Å². The Bertz CT molecular complexity index is 573. The number of nitrogens with zero attached hydrogens (tertiary/aromatic N) is 1. The Labute approximate surface area is 123 Å². The van der Waals surface area contributed by atoms with Gasteiger partial charge in [0, 0.05) is 4.47 Å². The van der Waals surface area contributed by atoms with Crippen LogP contribution in [0.5, 0.6) is 0 Å². The molecule has 0 aromatic heterocycles. The molecule has 0 atom stereocenters. The van der Waals surface area contributed by atoms with Crippen LogP contribution in [0.3, 0.4) is 0 Å². The van der Waals surface area contributed by atoms with Crippen molar-refractivity contribution in [1.82, 2.24) is 0 Å². The fraction of sp³-hybridized carbons (Fsp3) is 0.500. The Balaban J connectivity index is 2.59. The van der Waals surface area contributed by atoms with Gasteiger partial charge in [0.15, 0.2) is 9.84 Å². The van der Waals surface area contributed by atoms with Gasteiger partial charge in [-0.2, -0.15) is 5.26 Å². The lowest BCUT2D eigenvalue weighted by Crippen LogP contribution is -2.11. The van der Waals surface area contributed by atoms with E-state index in [1.807, 2.05) is 13.8 Å². The zero-order chi connectivity index (χ0) is 14.5. The van der Waals surface area contributed by atoms with Crippen LogP contribution in [-0.4, -0.2) is 14.2 Å². The van der Waals surface area contributed by atoms with Crippen molar-refractivity contribution >= 4 is 25.8 Å². The quantitative estimate of drug-likeness (QED) is 0.735. The first-order valence-electron chi connectivity index (χ1n) is 6.17. The number of hydrogen-bond donors (Lipinski definition) is 0. The van der Waals surface area contributed by atoms with Gasteiger partial charge in [0.1, 0.15) is 0 Å². The SMILES string of the molecule is CC(C)(C#N)CCCCS(=O)(=O)c1ccccc1Br. The minimum absolute atomic E-state index is 0.122. The van der Waals surface area contributed by atoms with E-state index in [0.29, 0.717) is 15.8 Å². The Morgan fingerprint density at radius 1 is 1.26 bits per heavy atom. The van der Waals surface area contributed by atoms with Crippen LogP contribution in [0.25, 0.3) is 0 Å². The maximum Gasteiger partial charge on any atom is 0.179 e. The Morgan fingerprint density at radius 2 is 1.89 bits per heavy atom. The van der Waals surface area contributed by atoms with Crippen molar-refractivity contribution in [1.29, 1.82) is 5.26 Å². The molecule has 1 aromatic carbocycles. The molecule has 19 heavy (non-hydrogen) atoms. The minimum Gasteiger partial charge on any atom is -0.224 e. The van der Waals surface area contributed by atoms with E-state index >= 15 is 0 Å². The second kappa shape index (κ2) is 6.53. The number of unbranched alkanes of at least 4 members (excludes halogenated alkanes) is 1. The van der Waals surface area contributed by atoms with Crippen LogP contribution in [0.1, 0.15) is 33.1 Å². The smallest absolute Gasteiger partial charge is 0.179 e. The van der Waals surface area contributed by atoms with Crippen molar-refractivity contribution in [3.05, 3.63) is 28.7 Å². The van der Waals surface area contributed by atoms with Gasteiger partial charge in [-0.1, -0.05) is 18.6 Å². The molecule has 0 aliphatic heterocycles. The largest absolute Gasteiger partial charge is 0.224 e. The van der Waals surface area contributed by atoms with E-state index in [-0.39, 0.29) is 11.2 Å². The summed E-state index contributed by atoms with van der Waals surface area (Å²) in [5, 5.41) is 8.89. The van der Waals surface area contributed by atoms with Crippen LogP contribution in [-0.2, 0) is 9.84 Å². The summed E-state index contributed by atoms with van der Waals surface area (Å²) in [7, 11) is -3.25. The number of nitriles is 1. The molecule has 0 saturated carbocycles. The van der Waals surface area contributed by atoms with Gasteiger partial charge in [0.2, 0.25) is 0 Å². The van der Waals surface area contributed by atoms with E-state index in [1.165, 1.54) is 0 Å². The predicted molar refractivity (Wildman–Crippen MR) is 79.4 cm³/mol. The van der Waals surface area contributed by atoms with Gasteiger partial charge in [-0.05, 0) is 54.8 Å². The zero-order valence-corrected chi connectivity index (χ0v) is 13.6. The Kier molecular flexibility index (Phi) is 5.57. The van der Waals surface area contributed by atoms with E-state index < -0.39 is 9.84 Å². The van der Waals surface area contributed by atoms with Crippen molar-refractivity contribution in [3.8, 4) is 6.07 Å². The summed E-state index contributed by atoms with van der Waals surface area (Å²) in [6.07, 6.45) is 2.04. The summed E-state index contributed by atoms with van der Waals surface area (Å²) in [5.74, 6) is 0.122. The zero-order valence-electron chi connectivity index (χ0n) is 11.2. The van der Waals surface area contributed by atoms with Crippen LogP contribution < -0.4 is 0 Å². The predicted octanol–water partition coefficient (Wildman–Crippen LogP) is 3.94. The number of hydrogen-bond acceptors (Lipinski definition) is 3. The van der Waals surface area contributed by atoms with Gasteiger partial charge in [-0.15, -0.1) is 0 Å². The van der Waals surface area contributed by atoms with E-state index in [1.54, 1.807) is 24.3 Å². The lowest BCUT2D eigenvalue weighted by molar-refractivity contribution is 0.431. The monoisotopic (exact) mass is 343 g/mol. The number of rotatable bonds is 6. The molecule has 0 fully saturated rings. The summed E-state index contributed by atoms with van der Waals surface area (Å²) in [6, 6.07) is 9.07. The van der Waals surface area contributed by atoms with Crippen molar-refractivity contribution < 1.29 is 8.42 Å². The highest BCUT2D eigenvalue weighted by Crippen LogP contribution is 2.25. The number of benzene rings is 1. The highest BCUT2D eigenvalue weighted by molar-refractivity contribution is 9.10. The molecule has 5 heteroatoms. The van der Waals surface area contributed by atoms with Crippen molar-refractivity contribution in [2.75, 3.05) is 5.75 Å². The topological polar surface area (TPSA) is 57.9 Å². The van der Waals surface area contributed by atoms with Gasteiger partial charge in [-0.25, -0.2) is 8.42 Å². The standard InChI is InChI=1S/C14H18BrNO2S/c1-14(2,11-16)9-5-6-10-19(17,18)13-8-4-3-7-12(13)15/h3-4,7-8H,5-6,9-10H2,1-2H3. The molecule has 3 nitrogen and oxygen atoms in total.